The van der Waals surface area contributed by atoms with Gasteiger partial charge in [-0.15, -0.1) is 0 Å². The van der Waals surface area contributed by atoms with Crippen molar-refractivity contribution in [2.45, 2.75) is 53.4 Å². The van der Waals surface area contributed by atoms with Crippen LogP contribution in [-0.4, -0.2) is 50.9 Å². The zero-order valence-corrected chi connectivity index (χ0v) is 17.5. The molecule has 0 unspecified atom stereocenters. The molecule has 0 aromatic heterocycles. The topological polar surface area (TPSA) is 9.72 Å². The van der Waals surface area contributed by atoms with Crippen molar-refractivity contribution in [2.75, 3.05) is 40.8 Å². The Morgan fingerprint density at radius 1 is 0.909 bits per heavy atom. The first-order chi connectivity index (χ1) is 10.5. The molecule has 1 aliphatic carbocycles. The molecule has 0 heterocycles. The molecule has 0 amide bonds. The van der Waals surface area contributed by atoms with Crippen molar-refractivity contribution in [3.63, 3.8) is 0 Å². The second-order valence-corrected chi connectivity index (χ2v) is 12.9. The standard InChI is InChI=1S/C9H13.3C3H8N.Ti/c1-2-3-6-9-7-4-5-8-9;3*1-3-4-2;/h4,7H,2-3,5-6H2,1H3;3*3H2,1-2H3;/q;3*-1;+3. The minimum atomic E-state index is -2.62. The van der Waals surface area contributed by atoms with Crippen LogP contribution in [-0.2, 0) is 17.4 Å². The van der Waals surface area contributed by atoms with E-state index in [2.05, 4.69) is 71.1 Å². The van der Waals surface area contributed by atoms with E-state index in [4.69, 9.17) is 0 Å². The third-order valence-corrected chi connectivity index (χ3v) is 13.8. The molecule has 22 heavy (non-hydrogen) atoms. The molecule has 0 aromatic carbocycles. The Bertz CT molecular complexity index is 377. The van der Waals surface area contributed by atoms with Gasteiger partial charge in [-0.25, -0.2) is 0 Å². The number of allylic oxidation sites excluding steroid dienone is 4. The summed E-state index contributed by atoms with van der Waals surface area (Å²) in [6.45, 7) is 12.6. The van der Waals surface area contributed by atoms with Crippen molar-refractivity contribution in [1.29, 1.82) is 0 Å². The molecule has 128 valence electrons. The first-order valence-electron chi connectivity index (χ1n) is 9.03. The molecule has 0 bridgehead atoms. The second kappa shape index (κ2) is 9.39. The monoisotopic (exact) mass is 343 g/mol. The summed E-state index contributed by atoms with van der Waals surface area (Å²) in [5.74, 6) is 0. The molecule has 1 aliphatic rings. The van der Waals surface area contributed by atoms with Crippen molar-refractivity contribution in [3.05, 3.63) is 21.6 Å². The van der Waals surface area contributed by atoms with E-state index in [1.165, 1.54) is 19.3 Å². The first-order valence-corrected chi connectivity index (χ1v) is 11.9. The van der Waals surface area contributed by atoms with Crippen molar-refractivity contribution in [1.82, 2.24) is 10.1 Å². The van der Waals surface area contributed by atoms with Gasteiger partial charge in [0.1, 0.15) is 0 Å². The summed E-state index contributed by atoms with van der Waals surface area (Å²) in [4.78, 5) is 0. The maximum absolute atomic E-state index is 2.70. The summed E-state index contributed by atoms with van der Waals surface area (Å²) in [6, 6.07) is 0. The molecular formula is C18H37N3Ti. The van der Waals surface area contributed by atoms with Gasteiger partial charge in [-0.1, -0.05) is 0 Å². The molecule has 0 aliphatic heterocycles. The van der Waals surface area contributed by atoms with Gasteiger partial charge in [0.2, 0.25) is 0 Å². The van der Waals surface area contributed by atoms with E-state index in [9.17, 15) is 0 Å². The van der Waals surface area contributed by atoms with Gasteiger partial charge < -0.3 is 0 Å². The van der Waals surface area contributed by atoms with Crippen LogP contribution < -0.4 is 0 Å². The van der Waals surface area contributed by atoms with Crippen LogP contribution in [0.5, 0.6) is 0 Å². The fourth-order valence-electron chi connectivity index (χ4n) is 3.73. The maximum atomic E-state index is 2.70. The van der Waals surface area contributed by atoms with Gasteiger partial charge in [0.15, 0.2) is 0 Å². The van der Waals surface area contributed by atoms with E-state index < -0.39 is 17.4 Å². The Kier molecular flexibility index (Phi) is 8.59. The molecule has 0 saturated heterocycles. The molecule has 0 radical (unpaired) electrons. The molecule has 0 N–H and O–H groups in total. The molecule has 3 nitrogen and oxygen atoms in total. The molecule has 1 rings (SSSR count). The summed E-state index contributed by atoms with van der Waals surface area (Å²) in [6.07, 6.45) is 9.82. The van der Waals surface area contributed by atoms with Gasteiger partial charge in [0.25, 0.3) is 0 Å². The van der Waals surface area contributed by atoms with Crippen molar-refractivity contribution >= 4 is 0 Å². The Labute approximate surface area is 143 Å². The van der Waals surface area contributed by atoms with Crippen molar-refractivity contribution in [3.8, 4) is 0 Å². The average molecular weight is 343 g/mol. The van der Waals surface area contributed by atoms with Gasteiger partial charge in [-0.05, 0) is 0 Å². The van der Waals surface area contributed by atoms with Crippen LogP contribution in [0.1, 0.15) is 53.4 Å². The molecule has 0 aromatic rings. The predicted octanol–water partition coefficient (Wildman–Crippen LogP) is 4.14. The summed E-state index contributed by atoms with van der Waals surface area (Å²) in [5.41, 5.74) is 1.64. The zero-order valence-electron chi connectivity index (χ0n) is 15.9. The van der Waals surface area contributed by atoms with Crippen LogP contribution in [0.2, 0.25) is 0 Å². The van der Waals surface area contributed by atoms with Crippen LogP contribution in [0.4, 0.5) is 0 Å². The molecular weight excluding hydrogens is 306 g/mol. The molecule has 4 heteroatoms. The number of nitrogens with zero attached hydrogens (tertiary/aromatic N) is 3. The molecule has 0 spiro atoms. The Morgan fingerprint density at radius 2 is 1.41 bits per heavy atom. The van der Waals surface area contributed by atoms with Crippen molar-refractivity contribution < 1.29 is 17.4 Å². The summed E-state index contributed by atoms with van der Waals surface area (Å²) in [7, 11) is 7.04. The Balaban J connectivity index is 3.40. The fraction of sp³-hybridized carbons (Fsp3) is 0.778. The van der Waals surface area contributed by atoms with Crippen LogP contribution in [0.3, 0.4) is 0 Å². The third kappa shape index (κ3) is 3.76. The number of rotatable bonds is 10. The van der Waals surface area contributed by atoms with Gasteiger partial charge in [0.05, 0.1) is 0 Å². The van der Waals surface area contributed by atoms with Gasteiger partial charge in [0, 0.05) is 0 Å². The van der Waals surface area contributed by atoms with Gasteiger partial charge in [-0.3, -0.25) is 0 Å². The number of unbranched alkanes of at least 4 members (excludes halogenated alkanes) is 1. The quantitative estimate of drug-likeness (QED) is 0.552. The van der Waals surface area contributed by atoms with Crippen LogP contribution >= 0.6 is 0 Å². The first kappa shape index (κ1) is 20.1. The Morgan fingerprint density at radius 3 is 1.82 bits per heavy atom. The van der Waals surface area contributed by atoms with Crippen molar-refractivity contribution in [2.24, 2.45) is 0 Å². The number of hydrogen-bond donors (Lipinski definition) is 0. The van der Waals surface area contributed by atoms with E-state index >= 15 is 0 Å². The average Bonchev–Trinajstić information content (AvgIpc) is 3.01. The minimum absolute atomic E-state index is 1.12. The Hall–Kier alpha value is 0.0743. The molecule has 0 atom stereocenters. The number of hydrogen-bond acceptors (Lipinski definition) is 3. The van der Waals surface area contributed by atoms with Gasteiger partial charge >= 0.3 is 143 Å². The van der Waals surface area contributed by atoms with E-state index in [1.54, 1.807) is 9.45 Å². The SMILES string of the molecule is CCCCC1=[C]([Ti]([N](C)CC)([N](C)CC)[N](C)CC)CC=C1. The van der Waals surface area contributed by atoms with E-state index in [0.29, 0.717) is 0 Å². The van der Waals surface area contributed by atoms with E-state index in [1.807, 2.05) is 0 Å². The van der Waals surface area contributed by atoms with E-state index in [0.717, 1.165) is 26.1 Å². The molecule has 0 saturated carbocycles. The van der Waals surface area contributed by atoms with Crippen LogP contribution in [0.25, 0.3) is 0 Å². The van der Waals surface area contributed by atoms with E-state index in [-0.39, 0.29) is 0 Å². The van der Waals surface area contributed by atoms with Gasteiger partial charge in [-0.2, -0.15) is 0 Å². The third-order valence-electron chi connectivity index (χ3n) is 5.25. The summed E-state index contributed by atoms with van der Waals surface area (Å²) in [5, 5.41) is 0. The zero-order chi connectivity index (χ0) is 16.8. The van der Waals surface area contributed by atoms with Crippen LogP contribution in [0.15, 0.2) is 21.6 Å². The molecule has 0 fully saturated rings. The van der Waals surface area contributed by atoms with Crippen LogP contribution in [0, 0.1) is 0 Å². The predicted molar refractivity (Wildman–Crippen MR) is 95.2 cm³/mol. The summed E-state index contributed by atoms with van der Waals surface area (Å²) >= 11 is -2.62. The second-order valence-electron chi connectivity index (χ2n) is 6.39. The fourth-order valence-corrected chi connectivity index (χ4v) is 12.3. The summed E-state index contributed by atoms with van der Waals surface area (Å²) < 4.78 is 9.86. The normalized spacial score (nSPS) is 15.9.